The number of halogens is 1. The fourth-order valence-corrected chi connectivity index (χ4v) is 2.10. The summed E-state index contributed by atoms with van der Waals surface area (Å²) in [5, 5.41) is 18.3. The molecule has 2 aromatic carbocycles. The molecule has 1 N–H and O–H groups in total. The molecule has 0 saturated heterocycles. The van der Waals surface area contributed by atoms with Gasteiger partial charge in [0.15, 0.2) is 0 Å². The molecule has 3 nitrogen and oxygen atoms in total. The molecule has 0 aliphatic heterocycles. The van der Waals surface area contributed by atoms with Crippen LogP contribution >= 0.6 is 11.6 Å². The number of rotatable bonds is 5. The van der Waals surface area contributed by atoms with Crippen LogP contribution in [-0.2, 0) is 13.0 Å². The first-order chi connectivity index (χ1) is 9.74. The zero-order chi connectivity index (χ0) is 14.4. The van der Waals surface area contributed by atoms with Gasteiger partial charge in [-0.1, -0.05) is 35.9 Å². The van der Waals surface area contributed by atoms with E-state index < -0.39 is 0 Å². The van der Waals surface area contributed by atoms with E-state index in [0.29, 0.717) is 23.6 Å². The van der Waals surface area contributed by atoms with Crippen molar-refractivity contribution in [3.05, 3.63) is 64.2 Å². The molecule has 20 heavy (non-hydrogen) atoms. The third-order valence-electron chi connectivity index (χ3n) is 2.92. The van der Waals surface area contributed by atoms with Crippen molar-refractivity contribution in [3.8, 4) is 11.8 Å². The Kier molecular flexibility index (Phi) is 5.00. The molecule has 0 atom stereocenters. The van der Waals surface area contributed by atoms with Gasteiger partial charge in [-0.25, -0.2) is 0 Å². The molecule has 0 fully saturated rings. The third kappa shape index (κ3) is 3.51. The van der Waals surface area contributed by atoms with Crippen LogP contribution < -0.4 is 4.74 Å². The highest BCUT2D eigenvalue weighted by atomic mass is 35.5. The normalized spacial score (nSPS) is 10.1. The van der Waals surface area contributed by atoms with Crippen LogP contribution in [0.15, 0.2) is 42.5 Å². The molecule has 102 valence electrons. The topological polar surface area (TPSA) is 53.2 Å². The smallest absolute Gasteiger partial charge is 0.123 e. The molecule has 4 heteroatoms. The van der Waals surface area contributed by atoms with Crippen molar-refractivity contribution < 1.29 is 9.84 Å². The van der Waals surface area contributed by atoms with E-state index in [0.717, 1.165) is 16.9 Å². The van der Waals surface area contributed by atoms with Crippen molar-refractivity contribution in [1.29, 1.82) is 5.26 Å². The SMILES string of the molecule is N#Cc1ccc(COc2ccccc2CCO)c(Cl)c1. The summed E-state index contributed by atoms with van der Waals surface area (Å²) in [6, 6.07) is 14.7. The van der Waals surface area contributed by atoms with E-state index in [1.807, 2.05) is 30.3 Å². The van der Waals surface area contributed by atoms with Gasteiger partial charge < -0.3 is 9.84 Å². The summed E-state index contributed by atoms with van der Waals surface area (Å²) in [4.78, 5) is 0. The van der Waals surface area contributed by atoms with Crippen LogP contribution in [0.25, 0.3) is 0 Å². The monoisotopic (exact) mass is 287 g/mol. The van der Waals surface area contributed by atoms with Gasteiger partial charge in [-0.15, -0.1) is 0 Å². The number of hydrogen-bond donors (Lipinski definition) is 1. The molecule has 0 spiro atoms. The lowest BCUT2D eigenvalue weighted by molar-refractivity contribution is 0.284. The van der Waals surface area contributed by atoms with E-state index in [2.05, 4.69) is 0 Å². The predicted molar refractivity (Wildman–Crippen MR) is 77.7 cm³/mol. The number of ether oxygens (including phenoxy) is 1. The van der Waals surface area contributed by atoms with Gasteiger partial charge in [-0.2, -0.15) is 5.26 Å². The summed E-state index contributed by atoms with van der Waals surface area (Å²) in [5.74, 6) is 0.738. The van der Waals surface area contributed by atoms with E-state index in [-0.39, 0.29) is 6.61 Å². The summed E-state index contributed by atoms with van der Waals surface area (Å²) in [5.41, 5.74) is 2.31. The maximum atomic E-state index is 9.02. The van der Waals surface area contributed by atoms with Crippen LogP contribution in [0.4, 0.5) is 0 Å². The molecule has 0 saturated carbocycles. The van der Waals surface area contributed by atoms with E-state index in [1.165, 1.54) is 0 Å². The van der Waals surface area contributed by atoms with Crippen molar-refractivity contribution in [1.82, 2.24) is 0 Å². The highest BCUT2D eigenvalue weighted by molar-refractivity contribution is 6.31. The Bertz CT molecular complexity index is 635. The maximum absolute atomic E-state index is 9.02. The van der Waals surface area contributed by atoms with E-state index in [9.17, 15) is 0 Å². The lowest BCUT2D eigenvalue weighted by Crippen LogP contribution is -2.01. The number of para-hydroxylation sites is 1. The fourth-order valence-electron chi connectivity index (χ4n) is 1.86. The van der Waals surface area contributed by atoms with Crippen LogP contribution in [0.5, 0.6) is 5.75 Å². The summed E-state index contributed by atoms with van der Waals surface area (Å²) >= 11 is 6.10. The van der Waals surface area contributed by atoms with Crippen molar-refractivity contribution in [2.24, 2.45) is 0 Å². The second kappa shape index (κ2) is 6.95. The number of hydrogen-bond acceptors (Lipinski definition) is 3. The molecule has 0 radical (unpaired) electrons. The van der Waals surface area contributed by atoms with E-state index >= 15 is 0 Å². The lowest BCUT2D eigenvalue weighted by atomic mass is 10.1. The van der Waals surface area contributed by atoms with Crippen LogP contribution in [0.2, 0.25) is 5.02 Å². The first kappa shape index (κ1) is 14.4. The Morgan fingerprint density at radius 1 is 1.15 bits per heavy atom. The average Bonchev–Trinajstić information content (AvgIpc) is 2.47. The standard InChI is InChI=1S/C16H14ClNO2/c17-15-9-12(10-18)5-6-14(15)11-20-16-4-2-1-3-13(16)7-8-19/h1-6,9,19H,7-8,11H2. The van der Waals surface area contributed by atoms with Gasteiger partial charge in [0.2, 0.25) is 0 Å². The summed E-state index contributed by atoms with van der Waals surface area (Å²) < 4.78 is 5.75. The number of benzene rings is 2. The minimum absolute atomic E-state index is 0.0813. The van der Waals surface area contributed by atoms with Crippen LogP contribution in [0, 0.1) is 11.3 Å². The number of aliphatic hydroxyl groups excluding tert-OH is 1. The fraction of sp³-hybridized carbons (Fsp3) is 0.188. The molecule has 0 bridgehead atoms. The van der Waals surface area contributed by atoms with Crippen LogP contribution in [0.3, 0.4) is 0 Å². The first-order valence-corrected chi connectivity index (χ1v) is 6.62. The summed E-state index contributed by atoms with van der Waals surface area (Å²) in [7, 11) is 0. The highest BCUT2D eigenvalue weighted by Crippen LogP contribution is 2.23. The highest BCUT2D eigenvalue weighted by Gasteiger charge is 2.06. The molecule has 0 unspecified atom stereocenters. The van der Waals surface area contributed by atoms with Gasteiger partial charge in [0.05, 0.1) is 11.6 Å². The van der Waals surface area contributed by atoms with Gasteiger partial charge >= 0.3 is 0 Å². The zero-order valence-electron chi connectivity index (χ0n) is 10.8. The molecule has 0 aromatic heterocycles. The van der Waals surface area contributed by atoms with Crippen molar-refractivity contribution in [2.45, 2.75) is 13.0 Å². The number of nitrogens with zero attached hydrogens (tertiary/aromatic N) is 1. The number of nitriles is 1. The Morgan fingerprint density at radius 3 is 2.65 bits per heavy atom. The van der Waals surface area contributed by atoms with Gasteiger partial charge in [0.1, 0.15) is 12.4 Å². The van der Waals surface area contributed by atoms with Crippen molar-refractivity contribution >= 4 is 11.6 Å². The van der Waals surface area contributed by atoms with Crippen molar-refractivity contribution in [3.63, 3.8) is 0 Å². The Balaban J connectivity index is 2.11. The van der Waals surface area contributed by atoms with Gasteiger partial charge in [0, 0.05) is 17.2 Å². The Hall–Kier alpha value is -2.02. The number of aliphatic hydroxyl groups is 1. The minimum atomic E-state index is 0.0813. The van der Waals surface area contributed by atoms with Gasteiger partial charge in [-0.3, -0.25) is 0 Å². The lowest BCUT2D eigenvalue weighted by Gasteiger charge is -2.11. The predicted octanol–water partition coefficient (Wildman–Crippen LogP) is 3.33. The quantitative estimate of drug-likeness (QED) is 0.918. The molecule has 0 amide bonds. The van der Waals surface area contributed by atoms with Crippen LogP contribution in [0.1, 0.15) is 16.7 Å². The molecule has 0 aliphatic carbocycles. The second-order valence-electron chi connectivity index (χ2n) is 4.29. The Morgan fingerprint density at radius 2 is 1.95 bits per heavy atom. The van der Waals surface area contributed by atoms with Crippen molar-refractivity contribution in [2.75, 3.05) is 6.61 Å². The van der Waals surface area contributed by atoms with E-state index in [1.54, 1.807) is 18.2 Å². The molecule has 0 aliphatic rings. The maximum Gasteiger partial charge on any atom is 0.123 e. The van der Waals surface area contributed by atoms with Gasteiger partial charge in [0.25, 0.3) is 0 Å². The van der Waals surface area contributed by atoms with Gasteiger partial charge in [-0.05, 0) is 30.2 Å². The van der Waals surface area contributed by atoms with E-state index in [4.69, 9.17) is 26.7 Å². The minimum Gasteiger partial charge on any atom is -0.489 e. The molecule has 2 rings (SSSR count). The average molecular weight is 288 g/mol. The first-order valence-electron chi connectivity index (χ1n) is 6.24. The molecular weight excluding hydrogens is 274 g/mol. The summed E-state index contributed by atoms with van der Waals surface area (Å²) in [6.45, 7) is 0.408. The van der Waals surface area contributed by atoms with Crippen LogP contribution in [-0.4, -0.2) is 11.7 Å². The largest absolute Gasteiger partial charge is 0.489 e. The Labute approximate surface area is 123 Å². The summed E-state index contributed by atoms with van der Waals surface area (Å²) in [6.07, 6.45) is 0.553. The molecule has 0 heterocycles. The zero-order valence-corrected chi connectivity index (χ0v) is 11.6. The second-order valence-corrected chi connectivity index (χ2v) is 4.70. The third-order valence-corrected chi connectivity index (χ3v) is 3.27. The molecule has 2 aromatic rings. The molecular formula is C16H14ClNO2.